The van der Waals surface area contributed by atoms with Crippen molar-refractivity contribution in [3.63, 3.8) is 0 Å². The molecule has 8 heteroatoms. The highest BCUT2D eigenvalue weighted by atomic mass is 32.2. The molecule has 2 aliphatic rings. The molecule has 0 aromatic heterocycles. The van der Waals surface area contributed by atoms with E-state index in [2.05, 4.69) is 15.2 Å². The highest BCUT2D eigenvalue weighted by Crippen LogP contribution is 2.10. The topological polar surface area (TPSA) is 99.8 Å². The minimum absolute atomic E-state index is 0.171. The van der Waals surface area contributed by atoms with Gasteiger partial charge in [-0.2, -0.15) is 5.12 Å². The molecule has 2 aliphatic heterocycles. The number of hydrazine groups is 2. The quantitative estimate of drug-likeness (QED) is 0.539. The number of carbonyl (C=O) groups is 2. The highest BCUT2D eigenvalue weighted by molar-refractivity contribution is 7.99. The summed E-state index contributed by atoms with van der Waals surface area (Å²) in [7, 11) is 0. The molecule has 0 spiro atoms. The summed E-state index contributed by atoms with van der Waals surface area (Å²) in [4.78, 5) is 20.6. The van der Waals surface area contributed by atoms with Gasteiger partial charge in [0.25, 0.3) is 0 Å². The Morgan fingerprint density at radius 3 is 2.75 bits per heavy atom. The second-order valence-electron chi connectivity index (χ2n) is 3.26. The van der Waals surface area contributed by atoms with Gasteiger partial charge in [0.1, 0.15) is 0 Å². The lowest BCUT2D eigenvalue weighted by molar-refractivity contribution is -0.110. The van der Waals surface area contributed by atoms with Crippen LogP contribution in [0, 0.1) is 0 Å². The van der Waals surface area contributed by atoms with E-state index in [0.29, 0.717) is 11.5 Å². The first-order valence-electron chi connectivity index (χ1n) is 4.86. The van der Waals surface area contributed by atoms with Gasteiger partial charge in [-0.3, -0.25) is 10.2 Å². The molecule has 7 nitrogen and oxygen atoms in total. The van der Waals surface area contributed by atoms with Crippen molar-refractivity contribution in [2.75, 3.05) is 18.8 Å². The van der Waals surface area contributed by atoms with Crippen LogP contribution >= 0.6 is 11.9 Å². The van der Waals surface area contributed by atoms with Gasteiger partial charge >= 0.3 is 6.03 Å². The van der Waals surface area contributed by atoms with Crippen LogP contribution in [0.2, 0.25) is 0 Å². The molecule has 0 saturated carbocycles. The molecule has 0 bridgehead atoms. The first-order valence-corrected chi connectivity index (χ1v) is 5.80. The number of nitrogens with zero attached hydrogens (tertiary/aromatic N) is 2. The first-order chi connectivity index (χ1) is 7.59. The molecule has 0 aromatic rings. The zero-order chi connectivity index (χ0) is 12.0. The molecule has 0 atom stereocenters. The maximum Gasteiger partial charge on any atom is 0.327 e. The Morgan fingerprint density at radius 1 is 1.69 bits per heavy atom. The number of urea groups is 1. The fourth-order valence-electron chi connectivity index (χ4n) is 1.10. The normalized spacial score (nSPS) is 20.1. The standard InChI is InChI=1S/C4H10N4O.C4H5NOS/c5-4(9)7-8-3-1-2-6-8;1-3-4(6)2-7-5-3/h6H,1-3H2,(H3,5,7,9);2H2,1H3. The molecular formula is C8H15N5O2S. The van der Waals surface area contributed by atoms with E-state index in [-0.39, 0.29) is 5.78 Å². The average Bonchev–Trinajstić information content (AvgIpc) is 2.80. The molecule has 4 N–H and O–H groups in total. The number of ketones is 1. The molecule has 0 aliphatic carbocycles. The van der Waals surface area contributed by atoms with Gasteiger partial charge in [-0.15, -0.1) is 0 Å². The summed E-state index contributed by atoms with van der Waals surface area (Å²) >= 11 is 1.33. The van der Waals surface area contributed by atoms with Crippen LogP contribution in [0.3, 0.4) is 0 Å². The van der Waals surface area contributed by atoms with E-state index in [1.807, 2.05) is 0 Å². The number of nitrogens with two attached hydrogens (primary N) is 1. The Labute approximate surface area is 97.9 Å². The highest BCUT2D eigenvalue weighted by Gasteiger charge is 2.11. The maximum absolute atomic E-state index is 10.4. The predicted octanol–water partition coefficient (Wildman–Crippen LogP) is -0.542. The third-order valence-electron chi connectivity index (χ3n) is 1.91. The Hall–Kier alpha value is -1.12. The zero-order valence-electron chi connectivity index (χ0n) is 9.02. The van der Waals surface area contributed by atoms with E-state index < -0.39 is 6.03 Å². The van der Waals surface area contributed by atoms with Gasteiger partial charge in [0.05, 0.1) is 11.5 Å². The lowest BCUT2D eigenvalue weighted by atomic mass is 10.3. The van der Waals surface area contributed by atoms with Gasteiger partial charge < -0.3 is 5.73 Å². The molecule has 16 heavy (non-hydrogen) atoms. The molecule has 90 valence electrons. The summed E-state index contributed by atoms with van der Waals surface area (Å²) in [5.41, 5.74) is 10.8. The van der Waals surface area contributed by atoms with Crippen LogP contribution in [0.5, 0.6) is 0 Å². The van der Waals surface area contributed by atoms with Crippen molar-refractivity contribution in [1.29, 1.82) is 0 Å². The summed E-state index contributed by atoms with van der Waals surface area (Å²) in [6.07, 6.45) is 1.04. The third kappa shape index (κ3) is 4.60. The third-order valence-corrected chi connectivity index (χ3v) is 2.70. The van der Waals surface area contributed by atoms with Crippen LogP contribution in [0.25, 0.3) is 0 Å². The van der Waals surface area contributed by atoms with Gasteiger partial charge in [-0.1, -0.05) is 0 Å². The van der Waals surface area contributed by atoms with Crippen LogP contribution in [0.1, 0.15) is 13.3 Å². The smallest absolute Gasteiger partial charge is 0.327 e. The fraction of sp³-hybridized carbons (Fsp3) is 0.625. The second kappa shape index (κ2) is 6.46. The van der Waals surface area contributed by atoms with E-state index in [4.69, 9.17) is 5.73 Å². The van der Waals surface area contributed by atoms with E-state index in [1.165, 1.54) is 11.9 Å². The van der Waals surface area contributed by atoms with Crippen LogP contribution in [-0.4, -0.2) is 41.5 Å². The van der Waals surface area contributed by atoms with E-state index in [1.54, 1.807) is 12.0 Å². The molecule has 1 saturated heterocycles. The van der Waals surface area contributed by atoms with Gasteiger partial charge in [-0.05, 0) is 25.3 Å². The van der Waals surface area contributed by atoms with Crippen molar-refractivity contribution in [1.82, 2.24) is 16.0 Å². The molecule has 0 aromatic carbocycles. The number of hydrogen-bond acceptors (Lipinski definition) is 6. The number of Topliss-reactive ketones (excluding diaryl/α,β-unsaturated/α-hetero) is 1. The van der Waals surface area contributed by atoms with Gasteiger partial charge in [-0.25, -0.2) is 14.6 Å². The zero-order valence-corrected chi connectivity index (χ0v) is 9.84. The van der Waals surface area contributed by atoms with Gasteiger partial charge in [0, 0.05) is 13.1 Å². The minimum Gasteiger partial charge on any atom is -0.351 e. The van der Waals surface area contributed by atoms with Crippen molar-refractivity contribution >= 4 is 29.5 Å². The van der Waals surface area contributed by atoms with E-state index in [9.17, 15) is 9.59 Å². The first kappa shape index (κ1) is 12.9. The Morgan fingerprint density at radius 2 is 2.44 bits per heavy atom. The van der Waals surface area contributed by atoms with E-state index in [0.717, 1.165) is 19.5 Å². The van der Waals surface area contributed by atoms with Crippen molar-refractivity contribution in [2.45, 2.75) is 13.3 Å². The maximum atomic E-state index is 10.4. The van der Waals surface area contributed by atoms with Crippen molar-refractivity contribution in [3.8, 4) is 0 Å². The molecule has 2 amide bonds. The van der Waals surface area contributed by atoms with Gasteiger partial charge in [0.15, 0.2) is 5.78 Å². The molecule has 2 rings (SSSR count). The largest absolute Gasteiger partial charge is 0.351 e. The van der Waals surface area contributed by atoms with Crippen LogP contribution < -0.4 is 16.6 Å². The van der Waals surface area contributed by atoms with Crippen LogP contribution in [0.15, 0.2) is 4.40 Å². The van der Waals surface area contributed by atoms with Gasteiger partial charge in [0.2, 0.25) is 0 Å². The summed E-state index contributed by atoms with van der Waals surface area (Å²) in [6, 6.07) is -0.524. The van der Waals surface area contributed by atoms with Crippen molar-refractivity contribution in [2.24, 2.45) is 10.1 Å². The monoisotopic (exact) mass is 245 g/mol. The van der Waals surface area contributed by atoms with Crippen LogP contribution in [-0.2, 0) is 4.79 Å². The number of amides is 2. The van der Waals surface area contributed by atoms with Crippen molar-refractivity contribution in [3.05, 3.63) is 0 Å². The number of rotatable bonds is 1. The van der Waals surface area contributed by atoms with E-state index >= 15 is 0 Å². The fourth-order valence-corrected chi connectivity index (χ4v) is 1.79. The SMILES string of the molecule is CC1=NSCC1=O.NC(=O)NN1CCCN1. The summed E-state index contributed by atoms with van der Waals surface area (Å²) in [5, 5.41) is 1.59. The predicted molar refractivity (Wildman–Crippen MR) is 62.6 cm³/mol. The number of carbonyl (C=O) groups excluding carboxylic acids is 2. The summed E-state index contributed by atoms with van der Waals surface area (Å²) in [5.74, 6) is 0.719. The summed E-state index contributed by atoms with van der Waals surface area (Å²) < 4.78 is 3.80. The second-order valence-corrected chi connectivity index (χ2v) is 3.99. The average molecular weight is 245 g/mol. The number of primary amides is 1. The molecule has 0 unspecified atom stereocenters. The molecule has 1 fully saturated rings. The summed E-state index contributed by atoms with van der Waals surface area (Å²) in [6.45, 7) is 3.46. The lowest BCUT2D eigenvalue weighted by Crippen LogP contribution is -2.48. The number of hydrogen-bond donors (Lipinski definition) is 3. The van der Waals surface area contributed by atoms with Crippen LogP contribution in [0.4, 0.5) is 4.79 Å². The molecular weight excluding hydrogens is 230 g/mol. The Balaban J connectivity index is 0.000000165. The Bertz CT molecular complexity index is 301. The number of nitrogens with one attached hydrogen (secondary N) is 2. The molecule has 2 heterocycles. The van der Waals surface area contributed by atoms with Crippen molar-refractivity contribution < 1.29 is 9.59 Å². The Kier molecular flexibility index (Phi) is 5.23. The lowest BCUT2D eigenvalue weighted by Gasteiger charge is -2.13. The minimum atomic E-state index is -0.524. The molecule has 0 radical (unpaired) electrons.